The fourth-order valence-corrected chi connectivity index (χ4v) is 1.99. The van der Waals surface area contributed by atoms with Gasteiger partial charge in [-0.3, -0.25) is 0 Å². The topological polar surface area (TPSA) is 72.6 Å². The van der Waals surface area contributed by atoms with Gasteiger partial charge in [-0.15, -0.1) is 0 Å². The SMILES string of the molecule is O=C(O)c1cc(-c2cccc(OCc3ccccc3)c2)on1. The zero-order valence-corrected chi connectivity index (χ0v) is 11.6. The Labute approximate surface area is 126 Å². The van der Waals surface area contributed by atoms with E-state index in [4.69, 9.17) is 14.4 Å². The summed E-state index contributed by atoms with van der Waals surface area (Å²) in [6.07, 6.45) is 0. The zero-order chi connectivity index (χ0) is 15.4. The van der Waals surface area contributed by atoms with Crippen LogP contribution >= 0.6 is 0 Å². The minimum absolute atomic E-state index is 0.120. The first-order valence-electron chi connectivity index (χ1n) is 6.69. The monoisotopic (exact) mass is 295 g/mol. The Balaban J connectivity index is 1.75. The Hall–Kier alpha value is -3.08. The summed E-state index contributed by atoms with van der Waals surface area (Å²) in [5.41, 5.74) is 1.66. The van der Waals surface area contributed by atoms with Crippen LogP contribution in [0, 0.1) is 0 Å². The molecule has 0 unspecified atom stereocenters. The summed E-state index contributed by atoms with van der Waals surface area (Å²) in [6, 6.07) is 18.5. The van der Waals surface area contributed by atoms with Gasteiger partial charge in [-0.25, -0.2) is 4.79 Å². The summed E-state index contributed by atoms with van der Waals surface area (Å²) in [5.74, 6) is -0.0522. The van der Waals surface area contributed by atoms with Crippen molar-refractivity contribution in [1.29, 1.82) is 0 Å². The van der Waals surface area contributed by atoms with Crippen LogP contribution in [-0.2, 0) is 6.61 Å². The molecule has 0 aliphatic rings. The van der Waals surface area contributed by atoms with Crippen LogP contribution in [0.1, 0.15) is 16.1 Å². The van der Waals surface area contributed by atoms with Crippen molar-refractivity contribution >= 4 is 5.97 Å². The van der Waals surface area contributed by atoms with Gasteiger partial charge in [-0.05, 0) is 17.7 Å². The van der Waals surface area contributed by atoms with Crippen molar-refractivity contribution in [3.05, 3.63) is 71.9 Å². The Bertz CT molecular complexity index is 780. The van der Waals surface area contributed by atoms with Gasteiger partial charge in [-0.1, -0.05) is 47.6 Å². The van der Waals surface area contributed by atoms with E-state index in [2.05, 4.69) is 5.16 Å². The lowest BCUT2D eigenvalue weighted by Crippen LogP contribution is -1.95. The largest absolute Gasteiger partial charge is 0.489 e. The molecule has 110 valence electrons. The van der Waals surface area contributed by atoms with Gasteiger partial charge in [0.1, 0.15) is 12.4 Å². The number of benzene rings is 2. The van der Waals surface area contributed by atoms with Gasteiger partial charge in [0.15, 0.2) is 11.5 Å². The Kier molecular flexibility index (Phi) is 3.87. The number of carboxylic acid groups (broad SMARTS) is 1. The maximum absolute atomic E-state index is 10.8. The van der Waals surface area contributed by atoms with Gasteiger partial charge in [-0.2, -0.15) is 0 Å². The third-order valence-electron chi connectivity index (χ3n) is 3.10. The quantitative estimate of drug-likeness (QED) is 0.778. The van der Waals surface area contributed by atoms with Crippen molar-refractivity contribution < 1.29 is 19.2 Å². The minimum atomic E-state index is -1.12. The Morgan fingerprint density at radius 1 is 1.09 bits per heavy atom. The van der Waals surface area contributed by atoms with Crippen LogP contribution in [0.3, 0.4) is 0 Å². The van der Waals surface area contributed by atoms with E-state index in [1.807, 2.05) is 48.5 Å². The molecule has 0 saturated carbocycles. The van der Waals surface area contributed by atoms with E-state index in [9.17, 15) is 4.79 Å². The fourth-order valence-electron chi connectivity index (χ4n) is 1.99. The molecule has 3 rings (SSSR count). The maximum Gasteiger partial charge on any atom is 0.358 e. The van der Waals surface area contributed by atoms with E-state index >= 15 is 0 Å². The number of ether oxygens (including phenoxy) is 1. The maximum atomic E-state index is 10.8. The van der Waals surface area contributed by atoms with E-state index in [1.54, 1.807) is 6.07 Å². The second kappa shape index (κ2) is 6.13. The van der Waals surface area contributed by atoms with Crippen molar-refractivity contribution in [2.24, 2.45) is 0 Å². The van der Waals surface area contributed by atoms with Crippen molar-refractivity contribution in [3.63, 3.8) is 0 Å². The zero-order valence-electron chi connectivity index (χ0n) is 11.6. The standard InChI is InChI=1S/C17H13NO4/c19-17(20)15-10-16(22-18-15)13-7-4-8-14(9-13)21-11-12-5-2-1-3-6-12/h1-10H,11H2,(H,19,20). The highest BCUT2D eigenvalue weighted by Crippen LogP contribution is 2.25. The molecule has 1 N–H and O–H groups in total. The summed E-state index contributed by atoms with van der Waals surface area (Å²) in [5, 5.41) is 12.4. The molecule has 0 fully saturated rings. The molecule has 2 aromatic carbocycles. The fraction of sp³-hybridized carbons (Fsp3) is 0.0588. The van der Waals surface area contributed by atoms with Crippen molar-refractivity contribution in [2.75, 3.05) is 0 Å². The molecular weight excluding hydrogens is 282 g/mol. The molecule has 1 heterocycles. The van der Waals surface area contributed by atoms with Crippen LogP contribution in [0.2, 0.25) is 0 Å². The number of rotatable bonds is 5. The van der Waals surface area contributed by atoms with E-state index in [0.29, 0.717) is 23.7 Å². The molecule has 5 heteroatoms. The number of aromatic carboxylic acids is 1. The van der Waals surface area contributed by atoms with Gasteiger partial charge in [0, 0.05) is 11.6 Å². The number of hydrogen-bond acceptors (Lipinski definition) is 4. The third-order valence-corrected chi connectivity index (χ3v) is 3.10. The molecule has 0 radical (unpaired) electrons. The predicted molar refractivity (Wildman–Crippen MR) is 79.7 cm³/mol. The molecule has 0 atom stereocenters. The summed E-state index contributed by atoms with van der Waals surface area (Å²) in [7, 11) is 0. The Morgan fingerprint density at radius 2 is 1.91 bits per heavy atom. The number of hydrogen-bond donors (Lipinski definition) is 1. The van der Waals surface area contributed by atoms with Crippen LogP contribution in [0.25, 0.3) is 11.3 Å². The van der Waals surface area contributed by atoms with Crippen LogP contribution < -0.4 is 4.74 Å². The van der Waals surface area contributed by atoms with E-state index in [1.165, 1.54) is 6.07 Å². The van der Waals surface area contributed by atoms with E-state index < -0.39 is 5.97 Å². The van der Waals surface area contributed by atoms with Crippen molar-refractivity contribution in [1.82, 2.24) is 5.16 Å². The lowest BCUT2D eigenvalue weighted by molar-refractivity contribution is 0.0686. The highest BCUT2D eigenvalue weighted by Gasteiger charge is 2.12. The predicted octanol–water partition coefficient (Wildman–Crippen LogP) is 3.62. The molecule has 1 aromatic heterocycles. The van der Waals surface area contributed by atoms with Crippen LogP contribution in [0.4, 0.5) is 0 Å². The highest BCUT2D eigenvalue weighted by molar-refractivity contribution is 5.86. The van der Waals surface area contributed by atoms with Crippen molar-refractivity contribution in [2.45, 2.75) is 6.61 Å². The minimum Gasteiger partial charge on any atom is -0.489 e. The summed E-state index contributed by atoms with van der Waals surface area (Å²) in [6.45, 7) is 0.459. The molecule has 3 aromatic rings. The summed E-state index contributed by atoms with van der Waals surface area (Å²) in [4.78, 5) is 10.8. The molecule has 0 bridgehead atoms. The Morgan fingerprint density at radius 3 is 2.64 bits per heavy atom. The van der Waals surface area contributed by atoms with Crippen LogP contribution in [0.5, 0.6) is 5.75 Å². The second-order valence-electron chi connectivity index (χ2n) is 4.68. The molecule has 0 amide bonds. The van der Waals surface area contributed by atoms with Crippen molar-refractivity contribution in [3.8, 4) is 17.1 Å². The molecule has 0 aliphatic carbocycles. The smallest absolute Gasteiger partial charge is 0.358 e. The number of aromatic nitrogens is 1. The van der Waals surface area contributed by atoms with Crippen LogP contribution in [-0.4, -0.2) is 16.2 Å². The molecule has 5 nitrogen and oxygen atoms in total. The average molecular weight is 295 g/mol. The molecule has 0 aliphatic heterocycles. The normalized spacial score (nSPS) is 10.4. The first-order valence-corrected chi connectivity index (χ1v) is 6.69. The number of carboxylic acids is 1. The van der Waals surface area contributed by atoms with Gasteiger partial charge >= 0.3 is 5.97 Å². The lowest BCUT2D eigenvalue weighted by atomic mass is 10.1. The first-order chi connectivity index (χ1) is 10.7. The second-order valence-corrected chi connectivity index (χ2v) is 4.68. The van der Waals surface area contributed by atoms with Gasteiger partial charge < -0.3 is 14.4 Å². The highest BCUT2D eigenvalue weighted by atomic mass is 16.5. The van der Waals surface area contributed by atoms with Crippen LogP contribution in [0.15, 0.2) is 65.2 Å². The molecular formula is C17H13NO4. The lowest BCUT2D eigenvalue weighted by Gasteiger charge is -2.07. The van der Waals surface area contributed by atoms with Gasteiger partial charge in [0.2, 0.25) is 0 Å². The summed E-state index contributed by atoms with van der Waals surface area (Å²) < 4.78 is 10.8. The van der Waals surface area contributed by atoms with E-state index in [0.717, 1.165) is 5.56 Å². The van der Waals surface area contributed by atoms with Gasteiger partial charge in [0.05, 0.1) is 0 Å². The average Bonchev–Trinajstić information content (AvgIpc) is 3.05. The molecule has 22 heavy (non-hydrogen) atoms. The third kappa shape index (κ3) is 3.15. The molecule has 0 spiro atoms. The number of carbonyl (C=O) groups is 1. The number of nitrogens with zero attached hydrogens (tertiary/aromatic N) is 1. The van der Waals surface area contributed by atoms with E-state index in [-0.39, 0.29) is 5.69 Å². The first kappa shape index (κ1) is 13.9. The molecule has 0 saturated heterocycles. The summed E-state index contributed by atoms with van der Waals surface area (Å²) >= 11 is 0. The van der Waals surface area contributed by atoms with Gasteiger partial charge in [0.25, 0.3) is 0 Å².